The number of hydrogen-bond donors (Lipinski definition) is 1. The molecule has 0 bridgehead atoms. The summed E-state index contributed by atoms with van der Waals surface area (Å²) in [6, 6.07) is 5.28. The van der Waals surface area contributed by atoms with Crippen molar-refractivity contribution in [3.05, 3.63) is 38.9 Å². The molecule has 1 aliphatic carbocycles. The molecular weight excluding hydrogens is 288 g/mol. The molecule has 4 nitrogen and oxygen atoms in total. The number of benzene rings is 1. The second kappa shape index (κ2) is 7.76. The van der Waals surface area contributed by atoms with Crippen molar-refractivity contribution in [1.29, 1.82) is 0 Å². The van der Waals surface area contributed by atoms with Crippen LogP contribution in [0.25, 0.3) is 0 Å². The van der Waals surface area contributed by atoms with Crippen LogP contribution in [0.3, 0.4) is 0 Å². The van der Waals surface area contributed by atoms with Crippen molar-refractivity contribution < 1.29 is 4.92 Å². The van der Waals surface area contributed by atoms with Crippen LogP contribution in [0.2, 0.25) is 5.02 Å². The lowest BCUT2D eigenvalue weighted by Gasteiger charge is -2.30. The molecule has 1 saturated carbocycles. The van der Waals surface area contributed by atoms with Crippen molar-refractivity contribution in [3.63, 3.8) is 0 Å². The van der Waals surface area contributed by atoms with E-state index in [9.17, 15) is 10.1 Å². The molecule has 1 N–H and O–H groups in total. The highest BCUT2D eigenvalue weighted by Crippen LogP contribution is 2.30. The standard InChI is InChI=1S/C16H23ClN2O2/c1-2-15(12-7-4-3-5-8-12)18-11-13-14(17)9-6-10-16(13)19(20)21/h6,9-10,12,15,18H,2-5,7-8,11H2,1H3. The van der Waals surface area contributed by atoms with E-state index >= 15 is 0 Å². The Balaban J connectivity index is 2.05. The normalized spacial score (nSPS) is 17.6. The van der Waals surface area contributed by atoms with E-state index in [0.29, 0.717) is 29.1 Å². The average Bonchev–Trinajstić information content (AvgIpc) is 2.50. The first-order valence-electron chi connectivity index (χ1n) is 7.78. The van der Waals surface area contributed by atoms with Crippen LogP contribution in [0.15, 0.2) is 18.2 Å². The lowest BCUT2D eigenvalue weighted by atomic mass is 9.83. The lowest BCUT2D eigenvalue weighted by Crippen LogP contribution is -2.36. The summed E-state index contributed by atoms with van der Waals surface area (Å²) in [5.41, 5.74) is 0.701. The molecule has 0 radical (unpaired) electrons. The molecule has 0 saturated heterocycles. The summed E-state index contributed by atoms with van der Waals surface area (Å²) in [7, 11) is 0. The highest BCUT2D eigenvalue weighted by atomic mass is 35.5. The predicted molar refractivity (Wildman–Crippen MR) is 85.6 cm³/mol. The number of nitro groups is 1. The molecule has 116 valence electrons. The molecule has 1 unspecified atom stereocenters. The van der Waals surface area contributed by atoms with Gasteiger partial charge in [0.25, 0.3) is 5.69 Å². The van der Waals surface area contributed by atoms with E-state index in [0.717, 1.165) is 6.42 Å². The molecule has 1 aromatic rings. The van der Waals surface area contributed by atoms with E-state index in [1.807, 2.05) is 0 Å². The van der Waals surface area contributed by atoms with Gasteiger partial charge in [0.05, 0.1) is 15.5 Å². The van der Waals surface area contributed by atoms with Gasteiger partial charge in [-0.2, -0.15) is 0 Å². The molecule has 1 aliphatic rings. The third kappa shape index (κ3) is 4.17. The van der Waals surface area contributed by atoms with E-state index in [4.69, 9.17) is 11.6 Å². The smallest absolute Gasteiger partial charge is 0.275 e. The maximum Gasteiger partial charge on any atom is 0.275 e. The minimum atomic E-state index is -0.357. The number of nitrogens with one attached hydrogen (secondary N) is 1. The molecule has 0 aliphatic heterocycles. The summed E-state index contributed by atoms with van der Waals surface area (Å²) in [6.07, 6.45) is 7.50. The maximum atomic E-state index is 11.1. The fourth-order valence-electron chi connectivity index (χ4n) is 3.31. The second-order valence-electron chi connectivity index (χ2n) is 5.79. The van der Waals surface area contributed by atoms with Crippen molar-refractivity contribution in [2.24, 2.45) is 5.92 Å². The van der Waals surface area contributed by atoms with Crippen LogP contribution in [-0.4, -0.2) is 11.0 Å². The zero-order valence-corrected chi connectivity index (χ0v) is 13.2. The Bertz CT molecular complexity index is 487. The minimum Gasteiger partial charge on any atom is -0.309 e. The van der Waals surface area contributed by atoms with Gasteiger partial charge in [-0.15, -0.1) is 0 Å². The molecule has 0 spiro atoms. The average molecular weight is 311 g/mol. The highest BCUT2D eigenvalue weighted by Gasteiger charge is 2.23. The molecule has 1 aromatic carbocycles. The van der Waals surface area contributed by atoms with E-state index in [-0.39, 0.29) is 10.6 Å². The van der Waals surface area contributed by atoms with Crippen LogP contribution < -0.4 is 5.32 Å². The van der Waals surface area contributed by atoms with Gasteiger partial charge in [-0.25, -0.2) is 0 Å². The summed E-state index contributed by atoms with van der Waals surface area (Å²) >= 11 is 6.14. The van der Waals surface area contributed by atoms with Crippen molar-refractivity contribution in [2.45, 2.75) is 58.0 Å². The van der Waals surface area contributed by atoms with E-state index in [2.05, 4.69) is 12.2 Å². The molecule has 1 fully saturated rings. The molecule has 5 heteroatoms. The van der Waals surface area contributed by atoms with Crippen LogP contribution in [0.5, 0.6) is 0 Å². The molecular formula is C16H23ClN2O2. The van der Waals surface area contributed by atoms with Gasteiger partial charge < -0.3 is 5.32 Å². The summed E-state index contributed by atoms with van der Waals surface area (Å²) < 4.78 is 0. The van der Waals surface area contributed by atoms with Crippen molar-refractivity contribution in [1.82, 2.24) is 5.32 Å². The third-order valence-corrected chi connectivity index (χ3v) is 4.84. The first kappa shape index (κ1) is 16.2. The largest absolute Gasteiger partial charge is 0.309 e. The summed E-state index contributed by atoms with van der Waals surface area (Å²) in [5.74, 6) is 0.685. The Morgan fingerprint density at radius 2 is 2.10 bits per heavy atom. The number of halogens is 1. The van der Waals surface area contributed by atoms with Crippen LogP contribution in [0.1, 0.15) is 51.0 Å². The summed E-state index contributed by atoms with van der Waals surface area (Å²) in [6.45, 7) is 2.64. The monoisotopic (exact) mass is 310 g/mol. The zero-order chi connectivity index (χ0) is 15.2. The first-order chi connectivity index (χ1) is 10.1. The first-order valence-corrected chi connectivity index (χ1v) is 8.16. The second-order valence-corrected chi connectivity index (χ2v) is 6.20. The Kier molecular flexibility index (Phi) is 6.00. The quantitative estimate of drug-likeness (QED) is 0.612. The van der Waals surface area contributed by atoms with Gasteiger partial charge >= 0.3 is 0 Å². The molecule has 21 heavy (non-hydrogen) atoms. The van der Waals surface area contributed by atoms with Crippen LogP contribution in [0, 0.1) is 16.0 Å². The van der Waals surface area contributed by atoms with Gasteiger partial charge in [0.15, 0.2) is 0 Å². The van der Waals surface area contributed by atoms with E-state index in [1.165, 1.54) is 38.2 Å². The molecule has 0 aromatic heterocycles. The number of nitrogens with zero attached hydrogens (tertiary/aromatic N) is 1. The lowest BCUT2D eigenvalue weighted by molar-refractivity contribution is -0.385. The van der Waals surface area contributed by atoms with Gasteiger partial charge in [-0.3, -0.25) is 10.1 Å². The highest BCUT2D eigenvalue weighted by molar-refractivity contribution is 6.31. The Hall–Kier alpha value is -1.13. The number of rotatable bonds is 6. The van der Waals surface area contributed by atoms with Crippen LogP contribution >= 0.6 is 11.6 Å². The molecule has 1 atom stereocenters. The Morgan fingerprint density at radius 3 is 2.71 bits per heavy atom. The maximum absolute atomic E-state index is 11.1. The van der Waals surface area contributed by atoms with E-state index in [1.54, 1.807) is 12.1 Å². The fraction of sp³-hybridized carbons (Fsp3) is 0.625. The van der Waals surface area contributed by atoms with Crippen molar-refractivity contribution >= 4 is 17.3 Å². The van der Waals surface area contributed by atoms with Crippen LogP contribution in [-0.2, 0) is 6.54 Å². The van der Waals surface area contributed by atoms with Gasteiger partial charge in [-0.05, 0) is 31.2 Å². The Labute approximate surface area is 131 Å². The third-order valence-electron chi connectivity index (χ3n) is 4.49. The Morgan fingerprint density at radius 1 is 1.38 bits per heavy atom. The zero-order valence-electron chi connectivity index (χ0n) is 12.5. The van der Waals surface area contributed by atoms with Gasteiger partial charge in [0.2, 0.25) is 0 Å². The predicted octanol–water partition coefficient (Wildman–Crippen LogP) is 4.70. The van der Waals surface area contributed by atoms with Gasteiger partial charge in [0, 0.05) is 18.7 Å². The topological polar surface area (TPSA) is 55.2 Å². The minimum absolute atomic E-state index is 0.105. The SMILES string of the molecule is CCC(NCc1c(Cl)cccc1[N+](=O)[O-])C1CCCCC1. The van der Waals surface area contributed by atoms with E-state index < -0.39 is 0 Å². The summed E-state index contributed by atoms with van der Waals surface area (Å²) in [4.78, 5) is 10.8. The fourth-order valence-corrected chi connectivity index (χ4v) is 3.54. The van der Waals surface area contributed by atoms with Gasteiger partial charge in [0.1, 0.15) is 0 Å². The summed E-state index contributed by atoms with van der Waals surface area (Å²) in [5, 5.41) is 15.1. The van der Waals surface area contributed by atoms with Gasteiger partial charge in [-0.1, -0.05) is 43.9 Å². The van der Waals surface area contributed by atoms with Crippen molar-refractivity contribution in [3.8, 4) is 0 Å². The molecule has 0 amide bonds. The molecule has 0 heterocycles. The number of hydrogen-bond acceptors (Lipinski definition) is 3. The van der Waals surface area contributed by atoms with Crippen molar-refractivity contribution in [2.75, 3.05) is 0 Å². The van der Waals surface area contributed by atoms with Crippen LogP contribution in [0.4, 0.5) is 5.69 Å². The number of nitro benzene ring substituents is 1. The molecule has 2 rings (SSSR count).